The number of aromatic nitrogens is 1. The van der Waals surface area contributed by atoms with Crippen LogP contribution in [0, 0.1) is 0 Å². The predicted octanol–water partition coefficient (Wildman–Crippen LogP) is 4.91. The molecule has 1 amide bonds. The lowest BCUT2D eigenvalue weighted by Crippen LogP contribution is -2.36. The fourth-order valence-electron chi connectivity index (χ4n) is 3.07. The number of carbonyl (C=O) groups is 2. The van der Waals surface area contributed by atoms with Gasteiger partial charge in [0, 0.05) is 34.2 Å². The van der Waals surface area contributed by atoms with E-state index in [2.05, 4.69) is 9.88 Å². The number of benzene rings is 2. The van der Waals surface area contributed by atoms with E-state index in [1.807, 2.05) is 54.7 Å². The third-order valence-electron chi connectivity index (χ3n) is 4.28. The van der Waals surface area contributed by atoms with Crippen molar-refractivity contribution in [2.75, 3.05) is 6.54 Å². The summed E-state index contributed by atoms with van der Waals surface area (Å²) in [5.41, 5.74) is 2.38. The second kappa shape index (κ2) is 9.22. The maximum Gasteiger partial charge on any atom is 0.408 e. The maximum absolute atomic E-state index is 12.0. The van der Waals surface area contributed by atoms with E-state index in [0.717, 1.165) is 22.0 Å². The Kier molecular flexibility index (Phi) is 6.67. The summed E-state index contributed by atoms with van der Waals surface area (Å²) in [5.74, 6) is -0.535. The summed E-state index contributed by atoms with van der Waals surface area (Å²) in [6.45, 7) is 5.77. The molecule has 2 aromatic carbocycles. The molecule has 158 valence electrons. The van der Waals surface area contributed by atoms with E-state index in [4.69, 9.17) is 21.1 Å². The number of alkyl carbamates (subject to hydrolysis) is 1. The van der Waals surface area contributed by atoms with Gasteiger partial charge in [-0.1, -0.05) is 41.9 Å². The van der Waals surface area contributed by atoms with Gasteiger partial charge in [0.25, 0.3) is 0 Å². The summed E-state index contributed by atoms with van der Waals surface area (Å²) >= 11 is 6.10. The number of esters is 1. The van der Waals surface area contributed by atoms with Crippen LogP contribution in [0.4, 0.5) is 4.79 Å². The smallest absolute Gasteiger partial charge is 0.408 e. The molecule has 0 aliphatic rings. The number of ether oxygens (including phenoxy) is 2. The van der Waals surface area contributed by atoms with E-state index in [0.29, 0.717) is 11.6 Å². The second-order valence-electron chi connectivity index (χ2n) is 7.95. The first-order chi connectivity index (χ1) is 14.2. The molecule has 3 aromatic rings. The molecular formula is C23H25ClN2O4. The summed E-state index contributed by atoms with van der Waals surface area (Å²) in [5, 5.41) is 4.10. The van der Waals surface area contributed by atoms with E-state index >= 15 is 0 Å². The van der Waals surface area contributed by atoms with Crippen molar-refractivity contribution in [3.8, 4) is 0 Å². The molecule has 0 saturated carbocycles. The number of hydrogen-bond acceptors (Lipinski definition) is 4. The van der Waals surface area contributed by atoms with Gasteiger partial charge in [0.05, 0.1) is 0 Å². The van der Waals surface area contributed by atoms with Gasteiger partial charge >= 0.3 is 12.1 Å². The minimum atomic E-state index is -0.655. The number of amides is 1. The van der Waals surface area contributed by atoms with Crippen LogP contribution in [0.1, 0.15) is 31.9 Å². The second-order valence-corrected chi connectivity index (χ2v) is 8.38. The standard InChI is InChI=1S/C23H25ClN2O4/c1-23(2,3)30-22(28)25-12-21(27)29-15-17-14-26(20-10-5-4-9-19(17)20)13-16-7-6-8-18(24)11-16/h4-11,14H,12-13,15H2,1-3H3,(H,25,28). The van der Waals surface area contributed by atoms with Gasteiger partial charge in [-0.15, -0.1) is 0 Å². The molecule has 3 rings (SSSR count). The number of halogens is 1. The molecule has 0 spiro atoms. The highest BCUT2D eigenvalue weighted by Crippen LogP contribution is 2.24. The molecule has 30 heavy (non-hydrogen) atoms. The summed E-state index contributed by atoms with van der Waals surface area (Å²) in [6, 6.07) is 15.6. The van der Waals surface area contributed by atoms with E-state index in [1.165, 1.54) is 0 Å². The fraction of sp³-hybridized carbons (Fsp3) is 0.304. The first-order valence-corrected chi connectivity index (χ1v) is 10.0. The number of para-hydroxylation sites is 1. The Hall–Kier alpha value is -2.99. The highest BCUT2D eigenvalue weighted by molar-refractivity contribution is 6.30. The highest BCUT2D eigenvalue weighted by atomic mass is 35.5. The molecule has 1 heterocycles. The Morgan fingerprint density at radius 1 is 1.10 bits per heavy atom. The van der Waals surface area contributed by atoms with Crippen molar-refractivity contribution in [3.05, 3.63) is 70.9 Å². The molecule has 0 unspecified atom stereocenters. The first-order valence-electron chi connectivity index (χ1n) is 9.65. The molecule has 0 atom stereocenters. The summed E-state index contributed by atoms with van der Waals surface area (Å²) in [7, 11) is 0. The molecule has 7 heteroatoms. The van der Waals surface area contributed by atoms with Crippen molar-refractivity contribution in [2.45, 2.75) is 39.5 Å². The molecule has 0 radical (unpaired) electrons. The van der Waals surface area contributed by atoms with E-state index < -0.39 is 17.7 Å². The molecular weight excluding hydrogens is 404 g/mol. The number of carbonyl (C=O) groups excluding carboxylic acids is 2. The van der Waals surface area contributed by atoms with Crippen LogP contribution >= 0.6 is 11.6 Å². The van der Waals surface area contributed by atoms with Crippen LogP contribution in [0.5, 0.6) is 0 Å². The van der Waals surface area contributed by atoms with Crippen molar-refractivity contribution >= 4 is 34.6 Å². The third-order valence-corrected chi connectivity index (χ3v) is 4.51. The van der Waals surface area contributed by atoms with Crippen molar-refractivity contribution in [1.82, 2.24) is 9.88 Å². The molecule has 0 fully saturated rings. The molecule has 1 aromatic heterocycles. The molecule has 0 aliphatic carbocycles. The summed E-state index contributed by atoms with van der Waals surface area (Å²) in [4.78, 5) is 23.7. The monoisotopic (exact) mass is 428 g/mol. The van der Waals surface area contributed by atoms with Crippen LogP contribution in [-0.4, -0.2) is 28.8 Å². The van der Waals surface area contributed by atoms with Crippen molar-refractivity contribution in [2.24, 2.45) is 0 Å². The fourth-order valence-corrected chi connectivity index (χ4v) is 3.28. The van der Waals surface area contributed by atoms with Gasteiger partial charge < -0.3 is 19.4 Å². The Morgan fingerprint density at radius 2 is 1.87 bits per heavy atom. The van der Waals surface area contributed by atoms with E-state index in [1.54, 1.807) is 20.8 Å². The van der Waals surface area contributed by atoms with Gasteiger partial charge in [0.15, 0.2) is 0 Å². The van der Waals surface area contributed by atoms with Crippen LogP contribution < -0.4 is 5.32 Å². The molecule has 0 aliphatic heterocycles. The molecule has 1 N–H and O–H groups in total. The van der Waals surface area contributed by atoms with Crippen LogP contribution in [0.15, 0.2) is 54.7 Å². The van der Waals surface area contributed by atoms with Gasteiger partial charge in [-0.05, 0) is 44.5 Å². The van der Waals surface area contributed by atoms with Gasteiger partial charge in [0.1, 0.15) is 18.8 Å². The Bertz CT molecular complexity index is 1050. The number of nitrogens with zero attached hydrogens (tertiary/aromatic N) is 1. The number of nitrogens with one attached hydrogen (secondary N) is 1. The largest absolute Gasteiger partial charge is 0.459 e. The minimum absolute atomic E-state index is 0.109. The van der Waals surface area contributed by atoms with Crippen molar-refractivity contribution in [3.63, 3.8) is 0 Å². The van der Waals surface area contributed by atoms with Gasteiger partial charge in [-0.25, -0.2) is 4.79 Å². The maximum atomic E-state index is 12.0. The summed E-state index contributed by atoms with van der Waals surface area (Å²) < 4.78 is 12.6. The van der Waals surface area contributed by atoms with Crippen LogP contribution in [0.3, 0.4) is 0 Å². The Morgan fingerprint density at radius 3 is 2.60 bits per heavy atom. The highest BCUT2D eigenvalue weighted by Gasteiger charge is 2.17. The normalized spacial score (nSPS) is 11.3. The zero-order valence-electron chi connectivity index (χ0n) is 17.3. The average Bonchev–Trinajstić information content (AvgIpc) is 3.01. The van der Waals surface area contributed by atoms with Crippen LogP contribution in [0.25, 0.3) is 10.9 Å². The lowest BCUT2D eigenvalue weighted by atomic mass is 10.2. The minimum Gasteiger partial charge on any atom is -0.459 e. The zero-order chi connectivity index (χ0) is 21.7. The quantitative estimate of drug-likeness (QED) is 0.566. The average molecular weight is 429 g/mol. The first kappa shape index (κ1) is 21.7. The van der Waals surface area contributed by atoms with Crippen molar-refractivity contribution < 1.29 is 19.1 Å². The van der Waals surface area contributed by atoms with Gasteiger partial charge in [-0.3, -0.25) is 4.79 Å². The number of fused-ring (bicyclic) bond motifs is 1. The number of hydrogen-bond donors (Lipinski definition) is 1. The SMILES string of the molecule is CC(C)(C)OC(=O)NCC(=O)OCc1cn(Cc2cccc(Cl)c2)c2ccccc12. The topological polar surface area (TPSA) is 69.6 Å². The lowest BCUT2D eigenvalue weighted by molar-refractivity contribution is -0.143. The molecule has 6 nitrogen and oxygen atoms in total. The van der Waals surface area contributed by atoms with Gasteiger partial charge in [-0.2, -0.15) is 0 Å². The van der Waals surface area contributed by atoms with Gasteiger partial charge in [0.2, 0.25) is 0 Å². The van der Waals surface area contributed by atoms with E-state index in [-0.39, 0.29) is 13.2 Å². The van der Waals surface area contributed by atoms with Crippen LogP contribution in [-0.2, 0) is 27.4 Å². The van der Waals surface area contributed by atoms with Crippen molar-refractivity contribution in [1.29, 1.82) is 0 Å². The van der Waals surface area contributed by atoms with E-state index in [9.17, 15) is 9.59 Å². The predicted molar refractivity (Wildman–Crippen MR) is 117 cm³/mol. The lowest BCUT2D eigenvalue weighted by Gasteiger charge is -2.19. The third kappa shape index (κ3) is 6.00. The Balaban J connectivity index is 1.65. The molecule has 0 bridgehead atoms. The summed E-state index contributed by atoms with van der Waals surface area (Å²) in [6.07, 6.45) is 1.32. The molecule has 0 saturated heterocycles. The number of rotatable bonds is 6. The Labute approximate surface area is 180 Å². The van der Waals surface area contributed by atoms with Crippen LogP contribution in [0.2, 0.25) is 5.02 Å². The zero-order valence-corrected chi connectivity index (χ0v) is 18.0.